The van der Waals surface area contributed by atoms with Crippen LogP contribution < -0.4 is 9.62 Å². The average Bonchev–Trinajstić information content (AvgIpc) is 2.89. The Hall–Kier alpha value is -2.88. The lowest BCUT2D eigenvalue weighted by molar-refractivity contribution is -0.139. The molecule has 38 heavy (non-hydrogen) atoms. The molecule has 202 valence electrons. The molecule has 0 unspecified atom stereocenters. The predicted octanol–water partition coefficient (Wildman–Crippen LogP) is 5.55. The van der Waals surface area contributed by atoms with Crippen molar-refractivity contribution in [2.24, 2.45) is 0 Å². The van der Waals surface area contributed by atoms with Gasteiger partial charge in [0.2, 0.25) is 11.8 Å². The third-order valence-corrected chi connectivity index (χ3v) is 8.50. The molecular weight excluding hydrogens is 590 g/mol. The van der Waals surface area contributed by atoms with E-state index in [-0.39, 0.29) is 17.3 Å². The van der Waals surface area contributed by atoms with E-state index in [2.05, 4.69) is 21.2 Å². The number of halogens is 2. The third-order valence-electron chi connectivity index (χ3n) is 6.00. The Morgan fingerprint density at radius 3 is 2.37 bits per heavy atom. The first kappa shape index (κ1) is 29.7. The van der Waals surface area contributed by atoms with Crippen molar-refractivity contribution in [1.29, 1.82) is 0 Å². The zero-order valence-corrected chi connectivity index (χ0v) is 24.7. The molecule has 10 heteroatoms. The fraction of sp³-hybridized carbons (Fsp3) is 0.286. The number of nitrogens with zero attached hydrogens (tertiary/aromatic N) is 2. The fourth-order valence-electron chi connectivity index (χ4n) is 3.94. The number of carbonyl (C=O) groups excluding carboxylic acids is 2. The van der Waals surface area contributed by atoms with Crippen LogP contribution in [0.25, 0.3) is 0 Å². The maximum atomic E-state index is 13.9. The smallest absolute Gasteiger partial charge is 0.264 e. The number of sulfonamides is 1. The van der Waals surface area contributed by atoms with Gasteiger partial charge in [-0.2, -0.15) is 0 Å². The maximum Gasteiger partial charge on any atom is 0.264 e. The van der Waals surface area contributed by atoms with E-state index >= 15 is 0 Å². The van der Waals surface area contributed by atoms with Gasteiger partial charge in [0.1, 0.15) is 12.6 Å². The summed E-state index contributed by atoms with van der Waals surface area (Å²) in [7, 11) is -4.12. The lowest BCUT2D eigenvalue weighted by atomic mass is 10.1. The zero-order valence-electron chi connectivity index (χ0n) is 21.5. The van der Waals surface area contributed by atoms with E-state index in [1.54, 1.807) is 50.2 Å². The summed E-state index contributed by atoms with van der Waals surface area (Å²) in [5.74, 6) is -0.826. The Balaban J connectivity index is 2.04. The number of nitrogens with one attached hydrogen (secondary N) is 1. The largest absolute Gasteiger partial charge is 0.354 e. The van der Waals surface area contributed by atoms with E-state index < -0.39 is 28.5 Å². The van der Waals surface area contributed by atoms with Crippen molar-refractivity contribution in [3.63, 3.8) is 0 Å². The van der Waals surface area contributed by atoms with E-state index in [0.29, 0.717) is 22.8 Å². The third kappa shape index (κ3) is 7.36. The van der Waals surface area contributed by atoms with Crippen LogP contribution in [-0.4, -0.2) is 44.3 Å². The second-order valence-corrected chi connectivity index (χ2v) is 12.1. The van der Waals surface area contributed by atoms with Crippen LogP contribution in [0.3, 0.4) is 0 Å². The first-order chi connectivity index (χ1) is 18.0. The molecule has 0 bridgehead atoms. The van der Waals surface area contributed by atoms with Crippen LogP contribution in [0, 0.1) is 6.92 Å². The molecule has 0 saturated carbocycles. The summed E-state index contributed by atoms with van der Waals surface area (Å²) < 4.78 is 29.5. The topological polar surface area (TPSA) is 86.8 Å². The molecule has 0 radical (unpaired) electrons. The van der Waals surface area contributed by atoms with Crippen LogP contribution in [0.2, 0.25) is 5.02 Å². The normalized spacial score (nSPS) is 12.0. The summed E-state index contributed by atoms with van der Waals surface area (Å²) in [5, 5.41) is 3.28. The summed E-state index contributed by atoms with van der Waals surface area (Å²) >= 11 is 9.58. The highest BCUT2D eigenvalue weighted by Crippen LogP contribution is 2.29. The van der Waals surface area contributed by atoms with Gasteiger partial charge >= 0.3 is 0 Å². The van der Waals surface area contributed by atoms with Gasteiger partial charge in [-0.15, -0.1) is 0 Å². The van der Waals surface area contributed by atoms with Gasteiger partial charge in [0.25, 0.3) is 10.0 Å². The molecule has 0 aromatic heterocycles. The van der Waals surface area contributed by atoms with Gasteiger partial charge in [0.15, 0.2) is 0 Å². The van der Waals surface area contributed by atoms with Crippen molar-refractivity contribution < 1.29 is 18.0 Å². The van der Waals surface area contributed by atoms with Crippen LogP contribution in [0.4, 0.5) is 5.69 Å². The van der Waals surface area contributed by atoms with Crippen molar-refractivity contribution in [2.75, 3.05) is 17.4 Å². The van der Waals surface area contributed by atoms with E-state index in [9.17, 15) is 18.0 Å². The number of benzene rings is 3. The Morgan fingerprint density at radius 2 is 1.74 bits per heavy atom. The summed E-state index contributed by atoms with van der Waals surface area (Å²) in [6, 6.07) is 19.3. The van der Waals surface area contributed by atoms with Gasteiger partial charge in [-0.05, 0) is 73.9 Å². The lowest BCUT2D eigenvalue weighted by Gasteiger charge is -2.32. The minimum atomic E-state index is -4.12. The van der Waals surface area contributed by atoms with Crippen molar-refractivity contribution in [1.82, 2.24) is 10.2 Å². The highest BCUT2D eigenvalue weighted by molar-refractivity contribution is 9.10. The molecule has 0 saturated heterocycles. The van der Waals surface area contributed by atoms with Gasteiger partial charge in [-0.3, -0.25) is 13.9 Å². The Morgan fingerprint density at radius 1 is 1.03 bits per heavy atom. The second kappa shape index (κ2) is 13.3. The number of hydrogen-bond acceptors (Lipinski definition) is 4. The van der Waals surface area contributed by atoms with Crippen molar-refractivity contribution in [3.05, 3.63) is 93.4 Å². The van der Waals surface area contributed by atoms with Crippen LogP contribution in [-0.2, 0) is 26.2 Å². The van der Waals surface area contributed by atoms with Crippen LogP contribution in [0.15, 0.2) is 82.2 Å². The first-order valence-corrected chi connectivity index (χ1v) is 14.8. The van der Waals surface area contributed by atoms with Crippen LogP contribution >= 0.6 is 27.5 Å². The van der Waals surface area contributed by atoms with Gasteiger partial charge in [0.05, 0.1) is 10.6 Å². The molecular formula is C28H31BrClN3O4S. The van der Waals surface area contributed by atoms with Crippen LogP contribution in [0.5, 0.6) is 0 Å². The van der Waals surface area contributed by atoms with Crippen LogP contribution in [0.1, 0.15) is 31.4 Å². The molecule has 0 heterocycles. The molecule has 7 nitrogen and oxygen atoms in total. The average molecular weight is 621 g/mol. The molecule has 3 aromatic rings. The number of rotatable bonds is 11. The van der Waals surface area contributed by atoms with Crippen molar-refractivity contribution in [3.8, 4) is 0 Å². The maximum absolute atomic E-state index is 13.9. The number of carbonyl (C=O) groups is 2. The monoisotopic (exact) mass is 619 g/mol. The number of amides is 2. The number of aryl methyl sites for hydroxylation is 1. The Bertz CT molecular complexity index is 1390. The number of anilines is 1. The lowest BCUT2D eigenvalue weighted by Crippen LogP contribution is -2.51. The summed E-state index contributed by atoms with van der Waals surface area (Å²) in [5.41, 5.74) is 1.72. The van der Waals surface area contributed by atoms with E-state index in [4.69, 9.17) is 11.6 Å². The SMILES string of the molecule is CCCNC(=O)[C@H](C)N(Cc1cccc(Br)c1)C(=O)CN(c1ccc(Cl)cc1C)S(=O)(=O)c1ccccc1. The summed E-state index contributed by atoms with van der Waals surface area (Å²) in [6.07, 6.45) is 0.747. The molecule has 3 rings (SSSR count). The Labute approximate surface area is 238 Å². The molecule has 0 fully saturated rings. The van der Waals surface area contributed by atoms with E-state index in [0.717, 1.165) is 20.8 Å². The van der Waals surface area contributed by atoms with Gasteiger partial charge < -0.3 is 10.2 Å². The highest BCUT2D eigenvalue weighted by atomic mass is 79.9. The van der Waals surface area contributed by atoms with E-state index in [1.165, 1.54) is 17.0 Å². The highest BCUT2D eigenvalue weighted by Gasteiger charge is 2.33. The summed E-state index contributed by atoms with van der Waals surface area (Å²) in [6.45, 7) is 5.41. The second-order valence-electron chi connectivity index (χ2n) is 8.87. The zero-order chi connectivity index (χ0) is 27.9. The summed E-state index contributed by atoms with van der Waals surface area (Å²) in [4.78, 5) is 28.3. The standard InChI is InChI=1S/C28H31BrClN3O4S/c1-4-15-31-28(35)21(3)32(18-22-9-8-10-23(29)17-22)27(34)19-33(26-14-13-24(30)16-20(26)2)38(36,37)25-11-6-5-7-12-25/h5-14,16-17,21H,4,15,18-19H2,1-3H3,(H,31,35)/t21-/m0/s1. The molecule has 0 aliphatic rings. The van der Waals surface area contributed by atoms with Crippen molar-refractivity contribution >= 4 is 55.1 Å². The Kier molecular flexibility index (Phi) is 10.4. The molecule has 3 aromatic carbocycles. The number of hydrogen-bond donors (Lipinski definition) is 1. The minimum Gasteiger partial charge on any atom is -0.354 e. The minimum absolute atomic E-state index is 0.0504. The fourth-order valence-corrected chi connectivity index (χ4v) is 6.12. The quantitative estimate of drug-likeness (QED) is 0.305. The van der Waals surface area contributed by atoms with Gasteiger partial charge in [0, 0.05) is 22.6 Å². The molecule has 0 spiro atoms. The van der Waals surface area contributed by atoms with Crippen molar-refractivity contribution in [2.45, 2.75) is 44.7 Å². The van der Waals surface area contributed by atoms with E-state index in [1.807, 2.05) is 31.2 Å². The van der Waals surface area contributed by atoms with Gasteiger partial charge in [-0.25, -0.2) is 8.42 Å². The molecule has 0 aliphatic heterocycles. The predicted molar refractivity (Wildman–Crippen MR) is 155 cm³/mol. The first-order valence-electron chi connectivity index (χ1n) is 12.2. The molecule has 2 amide bonds. The van der Waals surface area contributed by atoms with Gasteiger partial charge in [-0.1, -0.05) is 64.8 Å². The molecule has 1 atom stereocenters. The molecule has 0 aliphatic carbocycles. The molecule has 1 N–H and O–H groups in total.